The van der Waals surface area contributed by atoms with Crippen LogP contribution in [0, 0.1) is 0 Å². The second-order valence-electron chi connectivity index (χ2n) is 4.02. The van der Waals surface area contributed by atoms with Crippen molar-refractivity contribution in [3.8, 4) is 0 Å². The number of anilines is 1. The Hall–Kier alpha value is -3.01. The van der Waals surface area contributed by atoms with Crippen molar-refractivity contribution in [2.75, 3.05) is 12.8 Å². The van der Waals surface area contributed by atoms with Gasteiger partial charge in [0.25, 0.3) is 0 Å². The van der Waals surface area contributed by atoms with Gasteiger partial charge in [0.05, 0.1) is 0 Å². The van der Waals surface area contributed by atoms with E-state index in [0.717, 1.165) is 4.85 Å². The Labute approximate surface area is 127 Å². The molecular formula is C12H10N6O3S. The fourth-order valence-electron chi connectivity index (χ4n) is 1.71. The van der Waals surface area contributed by atoms with Crippen molar-refractivity contribution in [2.45, 2.75) is 0 Å². The van der Waals surface area contributed by atoms with E-state index < -0.39 is 5.97 Å². The number of rotatable bonds is 4. The predicted octanol–water partition coefficient (Wildman–Crippen LogP) is 0.476. The molecule has 10 heteroatoms. The smallest absolute Gasteiger partial charge is 0.389 e. The molecule has 0 spiro atoms. The Morgan fingerprint density at radius 1 is 1.41 bits per heavy atom. The number of benzene rings is 1. The van der Waals surface area contributed by atoms with Gasteiger partial charge < -0.3 is 15.4 Å². The van der Waals surface area contributed by atoms with Gasteiger partial charge in [-0.3, -0.25) is 0 Å². The third-order valence-electron chi connectivity index (χ3n) is 2.63. The van der Waals surface area contributed by atoms with Crippen molar-refractivity contribution in [1.29, 1.82) is 0 Å². The molecule has 2 heterocycles. The molecule has 0 atom stereocenters. The highest BCUT2D eigenvalue weighted by Crippen LogP contribution is 2.13. The first kappa shape index (κ1) is 13.9. The summed E-state index contributed by atoms with van der Waals surface area (Å²) in [5, 5.41) is 13.2. The number of oxime groups is 1. The molecule has 0 unspecified atom stereocenters. The third-order valence-corrected chi connectivity index (χ3v) is 3.31. The molecule has 0 saturated carbocycles. The van der Waals surface area contributed by atoms with Gasteiger partial charge in [-0.2, -0.15) is 0 Å². The minimum absolute atomic E-state index is 0.116. The molecular weight excluding hydrogens is 308 g/mol. The number of hydrogen-bond donors (Lipinski definition) is 1. The number of hydrogen-bond acceptors (Lipinski definition) is 9. The monoisotopic (exact) mass is 318 g/mol. The summed E-state index contributed by atoms with van der Waals surface area (Å²) in [4.78, 5) is 27.1. The summed E-state index contributed by atoms with van der Waals surface area (Å²) in [6, 6.07) is 7.05. The number of carbonyl (C=O) groups excluding carboxylic acids is 1. The third kappa shape index (κ3) is 2.59. The molecule has 0 aliphatic carbocycles. The summed E-state index contributed by atoms with van der Waals surface area (Å²) in [6.07, 6.45) is 0. The average molecular weight is 318 g/mol. The van der Waals surface area contributed by atoms with Gasteiger partial charge in [-0.1, -0.05) is 22.1 Å². The van der Waals surface area contributed by atoms with E-state index in [4.69, 9.17) is 10.6 Å². The number of nitrogen functional groups attached to an aromatic ring is 1. The number of nitrogens with zero attached hydrogens (tertiary/aromatic N) is 5. The van der Waals surface area contributed by atoms with Crippen molar-refractivity contribution in [3.05, 3.63) is 35.3 Å². The van der Waals surface area contributed by atoms with Crippen LogP contribution in [0.4, 0.5) is 5.13 Å². The Morgan fingerprint density at radius 3 is 2.95 bits per heavy atom. The van der Waals surface area contributed by atoms with Crippen molar-refractivity contribution in [3.63, 3.8) is 0 Å². The molecule has 9 nitrogen and oxygen atoms in total. The molecule has 0 aliphatic rings. The maximum absolute atomic E-state index is 12.3. The number of nitrogens with two attached hydrogens (primary N) is 1. The topological polar surface area (TPSA) is 118 Å². The van der Waals surface area contributed by atoms with E-state index in [2.05, 4.69) is 25.3 Å². The van der Waals surface area contributed by atoms with Crippen LogP contribution in [-0.4, -0.2) is 38.9 Å². The molecule has 3 aromatic rings. The van der Waals surface area contributed by atoms with Crippen LogP contribution < -0.4 is 10.6 Å². The van der Waals surface area contributed by atoms with Gasteiger partial charge in [-0.25, -0.2) is 9.78 Å². The van der Waals surface area contributed by atoms with Crippen molar-refractivity contribution < 1.29 is 14.5 Å². The number of para-hydroxylation sites is 1. The average Bonchev–Trinajstić information content (AvgIpc) is 3.12. The minimum atomic E-state index is -0.789. The first-order valence-corrected chi connectivity index (χ1v) is 6.92. The van der Waals surface area contributed by atoms with Gasteiger partial charge >= 0.3 is 5.97 Å². The molecule has 0 saturated heterocycles. The first-order chi connectivity index (χ1) is 10.7. The molecule has 0 aliphatic heterocycles. The molecule has 3 rings (SSSR count). The summed E-state index contributed by atoms with van der Waals surface area (Å²) in [5.74, 6) is -0.789. The Morgan fingerprint density at radius 2 is 2.23 bits per heavy atom. The Kier molecular flexibility index (Phi) is 3.66. The normalized spacial score (nSPS) is 11.6. The number of thiazole rings is 1. The highest BCUT2D eigenvalue weighted by molar-refractivity contribution is 7.13. The van der Waals surface area contributed by atoms with E-state index in [1.807, 2.05) is 0 Å². The molecule has 0 bridgehead atoms. The van der Waals surface area contributed by atoms with Crippen LogP contribution in [0.1, 0.15) is 5.69 Å². The highest BCUT2D eigenvalue weighted by Gasteiger charge is 2.22. The van der Waals surface area contributed by atoms with E-state index in [1.165, 1.54) is 18.4 Å². The fourth-order valence-corrected chi connectivity index (χ4v) is 2.26. The van der Waals surface area contributed by atoms with Crippen LogP contribution in [-0.2, 0) is 9.63 Å². The lowest BCUT2D eigenvalue weighted by atomic mass is 10.3. The van der Waals surface area contributed by atoms with Crippen LogP contribution in [0.2, 0.25) is 0 Å². The zero-order valence-corrected chi connectivity index (χ0v) is 12.1. The van der Waals surface area contributed by atoms with Gasteiger partial charge in [0.1, 0.15) is 23.8 Å². The van der Waals surface area contributed by atoms with E-state index in [1.54, 1.807) is 29.6 Å². The van der Waals surface area contributed by atoms with Crippen LogP contribution in [0.25, 0.3) is 11.0 Å². The maximum atomic E-state index is 12.3. The van der Waals surface area contributed by atoms with Gasteiger partial charge in [0.2, 0.25) is 5.71 Å². The van der Waals surface area contributed by atoms with Gasteiger partial charge in [-0.15, -0.1) is 16.4 Å². The van der Waals surface area contributed by atoms with Gasteiger partial charge in [0, 0.05) is 5.38 Å². The lowest BCUT2D eigenvalue weighted by Crippen LogP contribution is -2.29. The van der Waals surface area contributed by atoms with Crippen molar-refractivity contribution >= 4 is 39.2 Å². The van der Waals surface area contributed by atoms with E-state index in [0.29, 0.717) is 16.2 Å². The molecule has 0 amide bonds. The molecule has 0 radical (unpaired) electrons. The minimum Gasteiger partial charge on any atom is -0.398 e. The van der Waals surface area contributed by atoms with Gasteiger partial charge in [-0.05, 0) is 17.3 Å². The predicted molar refractivity (Wildman–Crippen MR) is 79.2 cm³/mol. The first-order valence-electron chi connectivity index (χ1n) is 6.04. The number of carbonyl (C=O) groups is 1. The summed E-state index contributed by atoms with van der Waals surface area (Å²) >= 11 is 1.17. The van der Waals surface area contributed by atoms with Gasteiger partial charge in [0.15, 0.2) is 5.13 Å². The molecule has 0 fully saturated rings. The molecule has 22 heavy (non-hydrogen) atoms. The summed E-state index contributed by atoms with van der Waals surface area (Å²) < 4.78 is 0. The molecule has 112 valence electrons. The standard InChI is InChI=1S/C12H10N6O3S/c1-20-16-10(8-6-22-12(13)14-8)11(19)21-18-9-5-3-2-4-7(9)15-17-18/h2-6H,1H3,(H2,13,14)/b16-10+. The molecule has 2 aromatic heterocycles. The lowest BCUT2D eigenvalue weighted by Gasteiger charge is -2.03. The second-order valence-corrected chi connectivity index (χ2v) is 4.91. The number of aromatic nitrogens is 4. The quantitative estimate of drug-likeness (QED) is 0.422. The second kappa shape index (κ2) is 5.77. The summed E-state index contributed by atoms with van der Waals surface area (Å²) in [5.41, 5.74) is 6.84. The fraction of sp³-hybridized carbons (Fsp3) is 0.0833. The van der Waals surface area contributed by atoms with Crippen LogP contribution in [0.3, 0.4) is 0 Å². The molecule has 1 aromatic carbocycles. The maximum Gasteiger partial charge on any atom is 0.389 e. The van der Waals surface area contributed by atoms with Crippen molar-refractivity contribution in [2.24, 2.45) is 5.16 Å². The zero-order valence-electron chi connectivity index (χ0n) is 11.3. The van der Waals surface area contributed by atoms with E-state index in [-0.39, 0.29) is 11.4 Å². The Balaban J connectivity index is 1.90. The SMILES string of the molecule is CO/N=C(/C(=O)On1nnc2ccccc21)c1csc(N)n1. The van der Waals surface area contributed by atoms with E-state index >= 15 is 0 Å². The number of fused-ring (bicyclic) bond motifs is 1. The lowest BCUT2D eigenvalue weighted by molar-refractivity contribution is -0.137. The highest BCUT2D eigenvalue weighted by atomic mass is 32.1. The summed E-state index contributed by atoms with van der Waals surface area (Å²) in [7, 11) is 1.31. The van der Waals surface area contributed by atoms with E-state index in [9.17, 15) is 4.79 Å². The van der Waals surface area contributed by atoms with Crippen molar-refractivity contribution in [1.82, 2.24) is 20.1 Å². The molecule has 2 N–H and O–H groups in total. The summed E-state index contributed by atoms with van der Waals surface area (Å²) in [6.45, 7) is 0. The van der Waals surface area contributed by atoms with Crippen LogP contribution in [0.5, 0.6) is 0 Å². The largest absolute Gasteiger partial charge is 0.398 e. The Bertz CT molecular complexity index is 855. The van der Waals surface area contributed by atoms with Crippen LogP contribution in [0.15, 0.2) is 34.8 Å². The zero-order chi connectivity index (χ0) is 15.5. The van der Waals surface area contributed by atoms with Crippen LogP contribution >= 0.6 is 11.3 Å².